The van der Waals surface area contributed by atoms with Crippen LogP contribution in [0.3, 0.4) is 0 Å². The molecule has 0 saturated carbocycles. The van der Waals surface area contributed by atoms with E-state index in [4.69, 9.17) is 4.42 Å². The third kappa shape index (κ3) is 1.82. The lowest BCUT2D eigenvalue weighted by Gasteiger charge is -2.22. The van der Waals surface area contributed by atoms with Crippen LogP contribution in [0.15, 0.2) is 22.9 Å². The number of amides is 1. The van der Waals surface area contributed by atoms with Gasteiger partial charge in [-0.2, -0.15) is 15.4 Å². The Bertz CT molecular complexity index is 517. The van der Waals surface area contributed by atoms with Crippen LogP contribution in [0.25, 0.3) is 0 Å². The van der Waals surface area contributed by atoms with Gasteiger partial charge in [0.25, 0.3) is 5.91 Å². The first-order chi connectivity index (χ1) is 8.34. The lowest BCUT2D eigenvalue weighted by molar-refractivity contribution is 0.0927. The van der Waals surface area contributed by atoms with Gasteiger partial charge in [0, 0.05) is 12.0 Å². The van der Waals surface area contributed by atoms with E-state index < -0.39 is 0 Å². The maximum atomic E-state index is 11.8. The van der Waals surface area contributed by atoms with Crippen LogP contribution in [0.5, 0.6) is 0 Å². The van der Waals surface area contributed by atoms with Gasteiger partial charge >= 0.3 is 0 Å². The highest BCUT2D eigenvalue weighted by molar-refractivity contribution is 5.92. The fourth-order valence-electron chi connectivity index (χ4n) is 2.18. The molecule has 2 aromatic rings. The zero-order chi connectivity index (χ0) is 11.7. The highest BCUT2D eigenvalue weighted by Gasteiger charge is 2.24. The Balaban J connectivity index is 1.77. The van der Waals surface area contributed by atoms with Crippen molar-refractivity contribution in [3.8, 4) is 0 Å². The van der Waals surface area contributed by atoms with E-state index >= 15 is 0 Å². The summed E-state index contributed by atoms with van der Waals surface area (Å²) in [5.41, 5.74) is 1.38. The van der Waals surface area contributed by atoms with Crippen LogP contribution in [0.4, 0.5) is 0 Å². The van der Waals surface area contributed by atoms with Gasteiger partial charge in [-0.3, -0.25) is 4.79 Å². The maximum Gasteiger partial charge on any atom is 0.273 e. The highest BCUT2D eigenvalue weighted by Crippen LogP contribution is 2.30. The molecule has 1 aliphatic carbocycles. The molecule has 17 heavy (non-hydrogen) atoms. The Morgan fingerprint density at radius 2 is 2.53 bits per heavy atom. The second-order valence-electron chi connectivity index (χ2n) is 4.07. The van der Waals surface area contributed by atoms with Crippen molar-refractivity contribution < 1.29 is 9.21 Å². The van der Waals surface area contributed by atoms with E-state index in [-0.39, 0.29) is 11.9 Å². The minimum Gasteiger partial charge on any atom is -0.469 e. The molecule has 1 atom stereocenters. The first-order valence-corrected chi connectivity index (χ1v) is 5.57. The number of fused-ring (bicyclic) bond motifs is 1. The van der Waals surface area contributed by atoms with Gasteiger partial charge in [0.15, 0.2) is 5.69 Å². The first kappa shape index (κ1) is 10.1. The average molecular weight is 232 g/mol. The number of aromatic amines is 1. The van der Waals surface area contributed by atoms with E-state index in [2.05, 4.69) is 20.7 Å². The number of hydrogen-bond acceptors (Lipinski definition) is 4. The molecular formula is C11H12N4O2. The molecule has 6 heteroatoms. The molecule has 3 rings (SSSR count). The Hall–Kier alpha value is -2.11. The molecule has 0 aliphatic heterocycles. The zero-order valence-electron chi connectivity index (χ0n) is 9.14. The van der Waals surface area contributed by atoms with Gasteiger partial charge < -0.3 is 9.73 Å². The summed E-state index contributed by atoms with van der Waals surface area (Å²) in [7, 11) is 0. The summed E-state index contributed by atoms with van der Waals surface area (Å²) >= 11 is 0. The fraction of sp³-hybridized carbons (Fsp3) is 0.364. The fourth-order valence-corrected chi connectivity index (χ4v) is 2.18. The van der Waals surface area contributed by atoms with Crippen LogP contribution in [0.1, 0.15) is 40.7 Å². The molecule has 88 valence electrons. The van der Waals surface area contributed by atoms with Crippen molar-refractivity contribution in [1.82, 2.24) is 20.7 Å². The van der Waals surface area contributed by atoms with Crippen molar-refractivity contribution in [2.75, 3.05) is 0 Å². The smallest absolute Gasteiger partial charge is 0.273 e. The molecule has 0 fully saturated rings. The number of furan rings is 1. The number of nitrogens with zero attached hydrogens (tertiary/aromatic N) is 2. The predicted octanol–water partition coefficient (Wildman–Crippen LogP) is 1.21. The van der Waals surface area contributed by atoms with Crippen LogP contribution >= 0.6 is 0 Å². The van der Waals surface area contributed by atoms with Crippen molar-refractivity contribution in [2.45, 2.75) is 25.3 Å². The maximum absolute atomic E-state index is 11.8. The quantitative estimate of drug-likeness (QED) is 0.815. The number of H-pyrrole nitrogens is 1. The van der Waals surface area contributed by atoms with Crippen LogP contribution < -0.4 is 5.32 Å². The molecule has 1 aliphatic rings. The average Bonchev–Trinajstić information content (AvgIpc) is 3.00. The van der Waals surface area contributed by atoms with Gasteiger partial charge in [-0.05, 0) is 18.9 Å². The van der Waals surface area contributed by atoms with E-state index in [1.54, 1.807) is 6.26 Å². The molecule has 6 nitrogen and oxygen atoms in total. The van der Waals surface area contributed by atoms with Crippen molar-refractivity contribution in [3.05, 3.63) is 35.5 Å². The molecule has 1 amide bonds. The number of aromatic nitrogens is 3. The van der Waals surface area contributed by atoms with Crippen LogP contribution in [0.2, 0.25) is 0 Å². The standard InChI is InChI=1S/C11H12N4O2/c16-11(9-6-12-15-14-9)13-8-2-1-3-10-7(8)4-5-17-10/h4-6,8H,1-3H2,(H,13,16)(H,12,14,15). The largest absolute Gasteiger partial charge is 0.469 e. The molecule has 0 saturated heterocycles. The van der Waals surface area contributed by atoms with Crippen LogP contribution in [-0.2, 0) is 6.42 Å². The molecule has 0 bridgehead atoms. The summed E-state index contributed by atoms with van der Waals surface area (Å²) in [5, 5.41) is 12.7. The van der Waals surface area contributed by atoms with E-state index in [1.165, 1.54) is 6.20 Å². The molecular weight excluding hydrogens is 220 g/mol. The summed E-state index contributed by atoms with van der Waals surface area (Å²) in [4.78, 5) is 11.8. The molecule has 2 N–H and O–H groups in total. The second kappa shape index (κ2) is 4.04. The molecule has 2 aromatic heterocycles. The van der Waals surface area contributed by atoms with Gasteiger partial charge in [0.2, 0.25) is 0 Å². The van der Waals surface area contributed by atoms with Crippen molar-refractivity contribution in [1.29, 1.82) is 0 Å². The Morgan fingerprint density at radius 3 is 3.35 bits per heavy atom. The molecule has 1 unspecified atom stereocenters. The lowest BCUT2D eigenvalue weighted by atomic mass is 9.93. The lowest BCUT2D eigenvalue weighted by Crippen LogP contribution is -2.30. The zero-order valence-corrected chi connectivity index (χ0v) is 9.14. The highest BCUT2D eigenvalue weighted by atomic mass is 16.3. The number of rotatable bonds is 2. The van der Waals surface area contributed by atoms with Gasteiger partial charge in [-0.25, -0.2) is 0 Å². The number of carbonyl (C=O) groups is 1. The summed E-state index contributed by atoms with van der Waals surface area (Å²) < 4.78 is 5.37. The van der Waals surface area contributed by atoms with E-state index in [0.29, 0.717) is 5.69 Å². The molecule has 0 spiro atoms. The Morgan fingerprint density at radius 1 is 1.59 bits per heavy atom. The summed E-state index contributed by atoms with van der Waals surface area (Å²) in [6.45, 7) is 0. The first-order valence-electron chi connectivity index (χ1n) is 5.57. The third-order valence-corrected chi connectivity index (χ3v) is 3.00. The predicted molar refractivity (Wildman–Crippen MR) is 58.2 cm³/mol. The summed E-state index contributed by atoms with van der Waals surface area (Å²) in [6, 6.07) is 1.93. The summed E-state index contributed by atoms with van der Waals surface area (Å²) in [6.07, 6.45) is 5.97. The van der Waals surface area contributed by atoms with Crippen LogP contribution in [-0.4, -0.2) is 21.3 Å². The monoisotopic (exact) mass is 232 g/mol. The number of carbonyl (C=O) groups excluding carboxylic acids is 1. The number of nitrogens with one attached hydrogen (secondary N) is 2. The Labute approximate surface area is 97.4 Å². The molecule has 0 radical (unpaired) electrons. The van der Waals surface area contributed by atoms with Crippen molar-refractivity contribution >= 4 is 5.91 Å². The number of aryl methyl sites for hydroxylation is 1. The van der Waals surface area contributed by atoms with Gasteiger partial charge in [-0.15, -0.1) is 0 Å². The third-order valence-electron chi connectivity index (χ3n) is 3.00. The normalized spacial score (nSPS) is 18.7. The van der Waals surface area contributed by atoms with Crippen molar-refractivity contribution in [3.63, 3.8) is 0 Å². The van der Waals surface area contributed by atoms with E-state index in [0.717, 1.165) is 30.6 Å². The number of hydrogen-bond donors (Lipinski definition) is 2. The minimum atomic E-state index is -0.210. The SMILES string of the molecule is O=C(NC1CCCc2occc21)c1cn[nH]n1. The van der Waals surface area contributed by atoms with E-state index in [9.17, 15) is 4.79 Å². The molecule has 0 aromatic carbocycles. The van der Waals surface area contributed by atoms with Crippen LogP contribution in [0, 0.1) is 0 Å². The molecule has 2 heterocycles. The second-order valence-corrected chi connectivity index (χ2v) is 4.07. The van der Waals surface area contributed by atoms with Gasteiger partial charge in [0.05, 0.1) is 18.5 Å². The van der Waals surface area contributed by atoms with Gasteiger partial charge in [-0.1, -0.05) is 0 Å². The topological polar surface area (TPSA) is 83.8 Å². The minimum absolute atomic E-state index is 0.0155. The Kier molecular flexibility index (Phi) is 2.40. The van der Waals surface area contributed by atoms with Crippen molar-refractivity contribution in [2.24, 2.45) is 0 Å². The van der Waals surface area contributed by atoms with E-state index in [1.807, 2.05) is 6.07 Å². The summed E-state index contributed by atoms with van der Waals surface area (Å²) in [5.74, 6) is 0.763. The van der Waals surface area contributed by atoms with Gasteiger partial charge in [0.1, 0.15) is 5.76 Å².